The summed E-state index contributed by atoms with van der Waals surface area (Å²) in [5, 5.41) is 0. The van der Waals surface area contributed by atoms with Crippen LogP contribution < -0.4 is 0 Å². The molecule has 0 aromatic rings. The summed E-state index contributed by atoms with van der Waals surface area (Å²) in [5.74, 6) is 0. The molecule has 0 amide bonds. The summed E-state index contributed by atoms with van der Waals surface area (Å²) in [6.45, 7) is 0. The zero-order valence-electron chi connectivity index (χ0n) is 1.79. The fourth-order valence-electron chi connectivity index (χ4n) is 0. The fourth-order valence-corrected chi connectivity index (χ4v) is 0. The molecule has 0 heterocycles. The predicted octanol–water partition coefficient (Wildman–Crippen LogP) is -0.00750. The summed E-state index contributed by atoms with van der Waals surface area (Å²) in [7, 11) is 0. The van der Waals surface area contributed by atoms with E-state index in [9.17, 15) is 0 Å². The minimum absolute atomic E-state index is 0. The third-order valence-electron chi connectivity index (χ3n) is 0. The molecular weight excluding hydrogens is 427 g/mol. The van der Waals surface area contributed by atoms with Crippen molar-refractivity contribution in [3.63, 3.8) is 0 Å². The van der Waals surface area contributed by atoms with Crippen molar-refractivity contribution >= 4 is 0 Å². The maximum absolute atomic E-state index is 0. The van der Waals surface area contributed by atoms with Crippen molar-refractivity contribution in [3.05, 3.63) is 0 Å². The summed E-state index contributed by atoms with van der Waals surface area (Å²) in [4.78, 5) is 0. The van der Waals surface area contributed by atoms with Crippen LogP contribution >= 0.6 is 0 Å². The van der Waals surface area contributed by atoms with Crippen LogP contribution in [0.5, 0.6) is 0 Å². The number of rotatable bonds is 0. The van der Waals surface area contributed by atoms with Gasteiger partial charge in [-0.3, -0.25) is 0 Å². The van der Waals surface area contributed by atoms with E-state index in [4.69, 9.17) is 0 Å². The van der Waals surface area contributed by atoms with Gasteiger partial charge in [0.15, 0.2) is 0 Å². The van der Waals surface area contributed by atoms with Crippen molar-refractivity contribution in [1.29, 1.82) is 0 Å². The molecule has 0 nitrogen and oxygen atoms in total. The van der Waals surface area contributed by atoms with Crippen LogP contribution in [0.4, 0.5) is 0 Å². The average molecular weight is 427 g/mol. The second kappa shape index (κ2) is 16.3. The summed E-state index contributed by atoms with van der Waals surface area (Å²) in [6.07, 6.45) is 0. The molecule has 0 aliphatic heterocycles. The van der Waals surface area contributed by atoms with Gasteiger partial charge in [0.1, 0.15) is 0 Å². The second-order valence-corrected chi connectivity index (χ2v) is 0. The zero-order valence-corrected chi connectivity index (χ0v) is 10.6. The fraction of sp³-hybridized carbons (Fsp3) is 0. The monoisotopic (exact) mass is 427 g/mol. The maximum Gasteiger partial charge on any atom is 0 e. The number of hydrogen-bond donors (Lipinski definition) is 0. The van der Waals surface area contributed by atoms with Crippen LogP contribution in [0.15, 0.2) is 0 Å². The van der Waals surface area contributed by atoms with Crippen molar-refractivity contribution in [1.82, 2.24) is 0 Å². The molecule has 0 N–H and O–H groups in total. The molecule has 4 heavy (non-hydrogen) atoms. The van der Waals surface area contributed by atoms with Gasteiger partial charge in [-0.1, -0.05) is 0 Å². The standard InChI is InChI=1S/Ce.Mn.Ti.W. The van der Waals surface area contributed by atoms with Gasteiger partial charge in [0, 0.05) is 102 Å². The molecule has 0 aromatic heterocycles. The topological polar surface area (TPSA) is 0 Å². The molecule has 0 saturated carbocycles. The Balaban J connectivity index is 0. The van der Waals surface area contributed by atoms with Crippen LogP contribution in [0.25, 0.3) is 0 Å². The molecule has 0 rings (SSSR count). The van der Waals surface area contributed by atoms with Gasteiger partial charge in [-0.2, -0.15) is 0 Å². The first-order valence-corrected chi connectivity index (χ1v) is 0. The van der Waals surface area contributed by atoms with E-state index in [0.29, 0.717) is 0 Å². The van der Waals surface area contributed by atoms with E-state index in [1.54, 1.807) is 0 Å². The molecule has 0 spiro atoms. The maximum atomic E-state index is 0. The summed E-state index contributed by atoms with van der Waals surface area (Å²) in [6, 6.07) is 0. The molecule has 0 saturated heterocycles. The van der Waals surface area contributed by atoms with Gasteiger partial charge in [0.2, 0.25) is 0 Å². The van der Waals surface area contributed by atoms with Crippen LogP contribution in [0, 0.1) is 41.7 Å². The van der Waals surface area contributed by atoms with E-state index in [1.165, 1.54) is 0 Å². The quantitative estimate of drug-likeness (QED) is 0.478. The van der Waals surface area contributed by atoms with Crippen molar-refractivity contribution in [2.75, 3.05) is 0 Å². The molecule has 0 unspecified atom stereocenters. The molecule has 0 fully saturated rings. The SMILES string of the molecule is [Ce].[Mn].[Ti].[W]. The average Bonchev–Trinajstić information content (AvgIpc) is 0. The Morgan fingerprint density at radius 1 is 1.00 bits per heavy atom. The van der Waals surface area contributed by atoms with Crippen molar-refractivity contribution in [2.24, 2.45) is 0 Å². The minimum Gasteiger partial charge on any atom is 0 e. The summed E-state index contributed by atoms with van der Waals surface area (Å²) in [5.41, 5.74) is 0. The van der Waals surface area contributed by atoms with Crippen molar-refractivity contribution < 1.29 is 102 Å². The Morgan fingerprint density at radius 2 is 1.00 bits per heavy atom. The van der Waals surface area contributed by atoms with Crippen LogP contribution in [-0.4, -0.2) is 0 Å². The normalized spacial score (nSPS) is 0. The van der Waals surface area contributed by atoms with E-state index >= 15 is 0 Å². The molecule has 0 aliphatic carbocycles. The first-order chi connectivity index (χ1) is 0. The summed E-state index contributed by atoms with van der Waals surface area (Å²) >= 11 is 0. The minimum atomic E-state index is 0. The first-order valence-electron chi connectivity index (χ1n) is 0. The molecule has 0 bridgehead atoms. The van der Waals surface area contributed by atoms with Crippen LogP contribution in [0.1, 0.15) is 0 Å². The van der Waals surface area contributed by atoms with Crippen molar-refractivity contribution in [2.45, 2.75) is 0 Å². The van der Waals surface area contributed by atoms with Gasteiger partial charge in [-0.05, 0) is 0 Å². The van der Waals surface area contributed by atoms with Crippen LogP contribution in [-0.2, 0) is 59.9 Å². The Labute approximate surface area is 99.2 Å². The summed E-state index contributed by atoms with van der Waals surface area (Å²) < 4.78 is 0. The van der Waals surface area contributed by atoms with Gasteiger partial charge in [-0.25, -0.2) is 0 Å². The molecule has 4 heteroatoms. The van der Waals surface area contributed by atoms with Gasteiger partial charge in [0.25, 0.3) is 0 Å². The van der Waals surface area contributed by atoms with Gasteiger partial charge in [0.05, 0.1) is 0 Å². The smallest absolute Gasteiger partial charge is 0 e. The molecule has 21 valence electrons. The Kier molecular flexibility index (Phi) is 108. The first kappa shape index (κ1) is 26.6. The Bertz CT molecular complexity index is 8.00. The molecule has 1 radical (unpaired) electrons. The Morgan fingerprint density at radius 3 is 1.00 bits per heavy atom. The van der Waals surface area contributed by atoms with Crippen LogP contribution in [0.2, 0.25) is 0 Å². The molecule has 0 aromatic carbocycles. The van der Waals surface area contributed by atoms with E-state index in [0.717, 1.165) is 0 Å². The number of hydrogen-bond acceptors (Lipinski definition) is 0. The molecule has 0 atom stereocenters. The van der Waals surface area contributed by atoms with Gasteiger partial charge >= 0.3 is 0 Å². The van der Waals surface area contributed by atoms with Crippen molar-refractivity contribution in [3.8, 4) is 0 Å². The molecule has 0 aliphatic rings. The van der Waals surface area contributed by atoms with E-state index in [1.807, 2.05) is 0 Å². The third kappa shape index (κ3) is 9.00. The van der Waals surface area contributed by atoms with E-state index < -0.39 is 0 Å². The Hall–Kier alpha value is 3.30. The second-order valence-electron chi connectivity index (χ2n) is 0. The van der Waals surface area contributed by atoms with E-state index in [2.05, 4.69) is 0 Å². The largest absolute Gasteiger partial charge is 0 e. The zero-order chi connectivity index (χ0) is 0. The van der Waals surface area contributed by atoms with Gasteiger partial charge in [-0.15, -0.1) is 0 Å². The van der Waals surface area contributed by atoms with Crippen LogP contribution in [0.3, 0.4) is 0 Å². The molecular formula is CeMnTiW. The third-order valence-corrected chi connectivity index (χ3v) is 0. The van der Waals surface area contributed by atoms with E-state index in [-0.39, 0.29) is 102 Å². The predicted molar refractivity (Wildman–Crippen MR) is 0 cm³/mol. The van der Waals surface area contributed by atoms with Gasteiger partial charge < -0.3 is 0 Å².